The Morgan fingerprint density at radius 2 is 2.17 bits per heavy atom. The number of hydrogen-bond acceptors (Lipinski definition) is 3. The van der Waals surface area contributed by atoms with E-state index in [-0.39, 0.29) is 5.15 Å². The van der Waals surface area contributed by atoms with Gasteiger partial charge < -0.3 is 4.74 Å². The molecule has 18 heavy (non-hydrogen) atoms. The Morgan fingerprint density at radius 3 is 2.78 bits per heavy atom. The number of methoxy groups -OCH3 is 1. The summed E-state index contributed by atoms with van der Waals surface area (Å²) in [5.74, 6) is 0.734. The van der Waals surface area contributed by atoms with Crippen LogP contribution in [0, 0.1) is 11.3 Å². The number of nitriles is 1. The first-order chi connectivity index (χ1) is 8.67. The average molecular weight is 324 g/mol. The number of ether oxygens (including phenoxy) is 1. The standard InChI is InChI=1S/C13H8BrClN2O/c1-18-12-3-2-8(6-11(12)14)9-4-5-17-13(15)10(9)7-16/h2-6H,1H3. The van der Waals surface area contributed by atoms with E-state index in [0.717, 1.165) is 21.3 Å². The molecule has 0 unspecified atom stereocenters. The Morgan fingerprint density at radius 1 is 1.39 bits per heavy atom. The Bertz CT molecular complexity index is 637. The van der Waals surface area contributed by atoms with Crippen molar-refractivity contribution in [3.63, 3.8) is 0 Å². The van der Waals surface area contributed by atoms with E-state index in [1.165, 1.54) is 0 Å². The van der Waals surface area contributed by atoms with Crippen molar-refractivity contribution in [2.45, 2.75) is 0 Å². The fraction of sp³-hybridized carbons (Fsp3) is 0.0769. The summed E-state index contributed by atoms with van der Waals surface area (Å²) in [7, 11) is 1.60. The van der Waals surface area contributed by atoms with Crippen LogP contribution in [0.4, 0.5) is 0 Å². The zero-order valence-electron chi connectivity index (χ0n) is 9.45. The molecule has 0 fully saturated rings. The van der Waals surface area contributed by atoms with Crippen molar-refractivity contribution in [2.75, 3.05) is 7.11 Å². The number of rotatable bonds is 2. The van der Waals surface area contributed by atoms with E-state index in [0.29, 0.717) is 5.56 Å². The summed E-state index contributed by atoms with van der Waals surface area (Å²) in [6, 6.07) is 9.41. The molecule has 1 aromatic carbocycles. The molecule has 0 aliphatic carbocycles. The van der Waals surface area contributed by atoms with Crippen molar-refractivity contribution in [3.05, 3.63) is 45.7 Å². The highest BCUT2D eigenvalue weighted by Crippen LogP contribution is 2.33. The first-order valence-electron chi connectivity index (χ1n) is 5.06. The van der Waals surface area contributed by atoms with Crippen LogP contribution in [-0.2, 0) is 0 Å². The maximum atomic E-state index is 9.12. The Kier molecular flexibility index (Phi) is 3.85. The number of benzene rings is 1. The molecule has 0 aliphatic rings. The number of nitrogens with zero attached hydrogens (tertiary/aromatic N) is 2. The Hall–Kier alpha value is -1.57. The normalized spacial score (nSPS) is 9.89. The molecule has 5 heteroatoms. The topological polar surface area (TPSA) is 45.9 Å². The maximum absolute atomic E-state index is 9.12. The molecule has 2 rings (SSSR count). The lowest BCUT2D eigenvalue weighted by Crippen LogP contribution is -1.90. The number of aromatic nitrogens is 1. The minimum absolute atomic E-state index is 0.210. The zero-order valence-corrected chi connectivity index (χ0v) is 11.8. The first-order valence-corrected chi connectivity index (χ1v) is 6.23. The van der Waals surface area contributed by atoms with Gasteiger partial charge in [-0.05, 0) is 39.7 Å². The van der Waals surface area contributed by atoms with Gasteiger partial charge in [-0.25, -0.2) is 4.98 Å². The zero-order chi connectivity index (χ0) is 13.1. The molecule has 0 radical (unpaired) electrons. The van der Waals surface area contributed by atoms with Crippen molar-refractivity contribution in [1.29, 1.82) is 5.26 Å². The molecule has 90 valence electrons. The van der Waals surface area contributed by atoms with E-state index in [9.17, 15) is 0 Å². The molecule has 0 amide bonds. The molecule has 1 aromatic heterocycles. The molecule has 0 saturated heterocycles. The van der Waals surface area contributed by atoms with Gasteiger partial charge >= 0.3 is 0 Å². The Balaban J connectivity index is 2.60. The SMILES string of the molecule is COc1ccc(-c2ccnc(Cl)c2C#N)cc1Br. The number of halogens is 2. The molecule has 0 N–H and O–H groups in total. The largest absolute Gasteiger partial charge is 0.496 e. The molecule has 0 saturated carbocycles. The second-order valence-corrected chi connectivity index (χ2v) is 4.70. The van der Waals surface area contributed by atoms with E-state index < -0.39 is 0 Å². The average Bonchev–Trinajstić information content (AvgIpc) is 2.38. The van der Waals surface area contributed by atoms with Crippen molar-refractivity contribution in [2.24, 2.45) is 0 Å². The van der Waals surface area contributed by atoms with Crippen molar-refractivity contribution in [1.82, 2.24) is 4.98 Å². The van der Waals surface area contributed by atoms with Crippen LogP contribution in [0.25, 0.3) is 11.1 Å². The van der Waals surface area contributed by atoms with Gasteiger partial charge in [-0.2, -0.15) is 5.26 Å². The third-order valence-corrected chi connectivity index (χ3v) is 3.39. The van der Waals surface area contributed by atoms with E-state index in [4.69, 9.17) is 21.6 Å². The molecular weight excluding hydrogens is 316 g/mol. The fourth-order valence-corrected chi connectivity index (χ4v) is 2.36. The summed E-state index contributed by atoms with van der Waals surface area (Å²) in [4.78, 5) is 3.90. The van der Waals surface area contributed by atoms with Gasteiger partial charge in [-0.1, -0.05) is 17.7 Å². The molecule has 0 bridgehead atoms. The second kappa shape index (κ2) is 5.38. The van der Waals surface area contributed by atoms with Gasteiger partial charge in [-0.15, -0.1) is 0 Å². The van der Waals surface area contributed by atoms with E-state index in [1.54, 1.807) is 19.4 Å². The molecule has 1 heterocycles. The van der Waals surface area contributed by atoms with E-state index >= 15 is 0 Å². The predicted octanol–water partition coefficient (Wildman–Crippen LogP) is 4.04. The summed E-state index contributed by atoms with van der Waals surface area (Å²) >= 11 is 9.32. The van der Waals surface area contributed by atoms with Gasteiger partial charge in [0.2, 0.25) is 0 Å². The highest BCUT2D eigenvalue weighted by molar-refractivity contribution is 9.10. The van der Waals surface area contributed by atoms with Gasteiger partial charge in [-0.3, -0.25) is 0 Å². The molecule has 0 spiro atoms. The lowest BCUT2D eigenvalue weighted by Gasteiger charge is -2.08. The third-order valence-electron chi connectivity index (χ3n) is 2.48. The van der Waals surface area contributed by atoms with Gasteiger partial charge in [0.15, 0.2) is 0 Å². The highest BCUT2D eigenvalue weighted by atomic mass is 79.9. The van der Waals surface area contributed by atoms with Crippen LogP contribution < -0.4 is 4.74 Å². The second-order valence-electron chi connectivity index (χ2n) is 3.49. The summed E-state index contributed by atoms with van der Waals surface area (Å²) < 4.78 is 5.98. The van der Waals surface area contributed by atoms with Gasteiger partial charge in [0, 0.05) is 11.8 Å². The smallest absolute Gasteiger partial charge is 0.147 e. The van der Waals surface area contributed by atoms with Gasteiger partial charge in [0.1, 0.15) is 17.0 Å². The molecule has 2 aromatic rings. The van der Waals surface area contributed by atoms with Crippen LogP contribution in [0.3, 0.4) is 0 Å². The van der Waals surface area contributed by atoms with Crippen LogP contribution in [0.2, 0.25) is 5.15 Å². The number of pyridine rings is 1. The molecular formula is C13H8BrClN2O. The quantitative estimate of drug-likeness (QED) is 0.783. The van der Waals surface area contributed by atoms with Crippen LogP contribution >= 0.6 is 27.5 Å². The van der Waals surface area contributed by atoms with Crippen LogP contribution in [0.1, 0.15) is 5.56 Å². The molecule has 0 atom stereocenters. The van der Waals surface area contributed by atoms with Crippen molar-refractivity contribution < 1.29 is 4.74 Å². The Labute approximate surface area is 118 Å². The monoisotopic (exact) mass is 322 g/mol. The first kappa shape index (κ1) is 12.9. The van der Waals surface area contributed by atoms with Gasteiger partial charge in [0.05, 0.1) is 17.1 Å². The van der Waals surface area contributed by atoms with Crippen molar-refractivity contribution in [3.8, 4) is 22.9 Å². The van der Waals surface area contributed by atoms with Crippen LogP contribution in [0.15, 0.2) is 34.9 Å². The fourth-order valence-electron chi connectivity index (χ4n) is 1.62. The third kappa shape index (κ3) is 2.33. The molecule has 3 nitrogen and oxygen atoms in total. The maximum Gasteiger partial charge on any atom is 0.147 e. The van der Waals surface area contributed by atoms with Crippen molar-refractivity contribution >= 4 is 27.5 Å². The molecule has 0 aliphatic heterocycles. The van der Waals surface area contributed by atoms with E-state index in [1.807, 2.05) is 18.2 Å². The summed E-state index contributed by atoms with van der Waals surface area (Å²) in [6.07, 6.45) is 1.58. The summed E-state index contributed by atoms with van der Waals surface area (Å²) in [6.45, 7) is 0. The van der Waals surface area contributed by atoms with Crippen LogP contribution in [-0.4, -0.2) is 12.1 Å². The summed E-state index contributed by atoms with van der Waals surface area (Å²) in [5, 5.41) is 9.33. The lowest BCUT2D eigenvalue weighted by molar-refractivity contribution is 0.412. The summed E-state index contributed by atoms with van der Waals surface area (Å²) in [5.41, 5.74) is 2.00. The highest BCUT2D eigenvalue weighted by Gasteiger charge is 2.11. The van der Waals surface area contributed by atoms with E-state index in [2.05, 4.69) is 27.0 Å². The van der Waals surface area contributed by atoms with Crippen LogP contribution in [0.5, 0.6) is 5.75 Å². The number of hydrogen-bond donors (Lipinski definition) is 0. The lowest BCUT2D eigenvalue weighted by atomic mass is 10.0. The minimum Gasteiger partial charge on any atom is -0.496 e. The minimum atomic E-state index is 0.210. The predicted molar refractivity (Wildman–Crippen MR) is 73.7 cm³/mol. The van der Waals surface area contributed by atoms with Gasteiger partial charge in [0.25, 0.3) is 0 Å².